The number of benzene rings is 1. The number of anilines is 1. The molecule has 1 N–H and O–H groups in total. The number of thiazole rings is 1. The average molecular weight is 384 g/mol. The molecule has 0 aliphatic rings. The Labute approximate surface area is 149 Å². The van der Waals surface area contributed by atoms with Gasteiger partial charge in [0.2, 0.25) is 0 Å². The van der Waals surface area contributed by atoms with E-state index in [1.54, 1.807) is 30.3 Å². The zero-order chi connectivity index (χ0) is 18.0. The van der Waals surface area contributed by atoms with Gasteiger partial charge in [-0.1, -0.05) is 53.3 Å². The summed E-state index contributed by atoms with van der Waals surface area (Å²) in [6, 6.07) is 11.0. The van der Waals surface area contributed by atoms with Gasteiger partial charge in [-0.3, -0.25) is 10.1 Å². The fraction of sp³-hybridized carbons (Fsp3) is 0.0625. The molecule has 0 unspecified atom stereocenters. The molecule has 0 fully saturated rings. The molecule has 2 heterocycles. The van der Waals surface area contributed by atoms with Crippen LogP contribution in [0.4, 0.5) is 18.3 Å². The summed E-state index contributed by atoms with van der Waals surface area (Å²) in [4.78, 5) is 19.4. The van der Waals surface area contributed by atoms with Crippen LogP contribution in [0.25, 0.3) is 10.4 Å². The minimum atomic E-state index is -4.64. The lowest BCUT2D eigenvalue weighted by atomic mass is 10.1. The van der Waals surface area contributed by atoms with E-state index in [0.717, 1.165) is 11.3 Å². The Morgan fingerprint density at radius 1 is 1.12 bits per heavy atom. The second kappa shape index (κ2) is 6.81. The highest BCUT2D eigenvalue weighted by molar-refractivity contribution is 7.19. The Bertz CT molecular complexity index is 912. The highest BCUT2D eigenvalue weighted by atomic mass is 35.5. The maximum absolute atomic E-state index is 13.3. The number of amides is 1. The molecule has 25 heavy (non-hydrogen) atoms. The van der Waals surface area contributed by atoms with Crippen LogP contribution in [-0.4, -0.2) is 15.9 Å². The number of alkyl halides is 3. The van der Waals surface area contributed by atoms with Gasteiger partial charge in [0.25, 0.3) is 5.91 Å². The number of nitrogens with one attached hydrogen (secondary N) is 1. The molecule has 3 aromatic rings. The number of hydrogen-bond donors (Lipinski definition) is 1. The summed E-state index contributed by atoms with van der Waals surface area (Å²) in [6.07, 6.45) is -3.24. The molecular weight excluding hydrogens is 375 g/mol. The number of nitrogens with zero attached hydrogens (tertiary/aromatic N) is 2. The summed E-state index contributed by atoms with van der Waals surface area (Å²) in [5.74, 6) is -0.680. The maximum atomic E-state index is 13.3. The third-order valence-electron chi connectivity index (χ3n) is 3.16. The van der Waals surface area contributed by atoms with Crippen molar-refractivity contribution in [2.75, 3.05) is 5.32 Å². The quantitative estimate of drug-likeness (QED) is 0.638. The number of carbonyl (C=O) groups is 1. The molecular formula is C16H9ClF3N3OS. The van der Waals surface area contributed by atoms with Crippen LogP contribution >= 0.6 is 22.9 Å². The lowest BCUT2D eigenvalue weighted by Gasteiger charge is -2.05. The standard InChI is InChI=1S/C16H9ClF3N3OS/c17-13-10(7-4-8-21-13)14(24)23-15-22-12(16(18,19)20)11(25-15)9-5-2-1-3-6-9/h1-8H,(H,22,23,24). The molecule has 0 spiro atoms. The number of aromatic nitrogens is 2. The zero-order valence-corrected chi connectivity index (χ0v) is 13.9. The molecule has 4 nitrogen and oxygen atoms in total. The highest BCUT2D eigenvalue weighted by Crippen LogP contribution is 2.41. The van der Waals surface area contributed by atoms with Crippen LogP contribution in [0.5, 0.6) is 0 Å². The zero-order valence-electron chi connectivity index (χ0n) is 12.3. The molecule has 0 saturated carbocycles. The predicted molar refractivity (Wildman–Crippen MR) is 89.8 cm³/mol. The van der Waals surface area contributed by atoms with Gasteiger partial charge in [-0.2, -0.15) is 13.2 Å². The number of hydrogen-bond acceptors (Lipinski definition) is 4. The summed E-state index contributed by atoms with van der Waals surface area (Å²) in [5, 5.41) is 2.13. The van der Waals surface area contributed by atoms with E-state index in [2.05, 4.69) is 15.3 Å². The van der Waals surface area contributed by atoms with E-state index < -0.39 is 17.8 Å². The van der Waals surface area contributed by atoms with E-state index in [4.69, 9.17) is 11.6 Å². The fourth-order valence-corrected chi connectivity index (χ4v) is 3.26. The molecule has 3 rings (SSSR count). The minimum Gasteiger partial charge on any atom is -0.298 e. The number of rotatable bonds is 3. The molecule has 0 saturated heterocycles. The summed E-state index contributed by atoms with van der Waals surface area (Å²) >= 11 is 6.56. The number of halogens is 4. The van der Waals surface area contributed by atoms with Gasteiger partial charge in [0.1, 0.15) is 5.15 Å². The molecule has 1 aromatic carbocycles. The summed E-state index contributed by atoms with van der Waals surface area (Å²) in [5.41, 5.74) is -0.627. The molecule has 0 radical (unpaired) electrons. The Morgan fingerprint density at radius 2 is 1.84 bits per heavy atom. The second-order valence-corrected chi connectivity index (χ2v) is 6.21. The average Bonchev–Trinajstić information content (AvgIpc) is 3.00. The van der Waals surface area contributed by atoms with E-state index >= 15 is 0 Å². The Kier molecular flexibility index (Phi) is 4.73. The first-order valence-electron chi connectivity index (χ1n) is 6.91. The Balaban J connectivity index is 1.97. The molecule has 128 valence electrons. The lowest BCUT2D eigenvalue weighted by molar-refractivity contribution is -0.140. The van der Waals surface area contributed by atoms with Crippen LogP contribution in [0.2, 0.25) is 5.15 Å². The predicted octanol–water partition coefficient (Wildman–Crippen LogP) is 5.13. The van der Waals surface area contributed by atoms with Crippen molar-refractivity contribution in [3.63, 3.8) is 0 Å². The third kappa shape index (κ3) is 3.80. The van der Waals surface area contributed by atoms with E-state index in [1.165, 1.54) is 18.3 Å². The van der Waals surface area contributed by atoms with E-state index in [9.17, 15) is 18.0 Å². The van der Waals surface area contributed by atoms with Crippen LogP contribution in [0.3, 0.4) is 0 Å². The Hall–Kier alpha value is -2.45. The van der Waals surface area contributed by atoms with Gasteiger partial charge in [-0.15, -0.1) is 0 Å². The molecule has 0 atom stereocenters. The van der Waals surface area contributed by atoms with E-state index in [1.807, 2.05) is 0 Å². The summed E-state index contributed by atoms with van der Waals surface area (Å²) < 4.78 is 39.8. The van der Waals surface area contributed by atoms with Gasteiger partial charge >= 0.3 is 6.18 Å². The smallest absolute Gasteiger partial charge is 0.298 e. The Morgan fingerprint density at radius 3 is 2.48 bits per heavy atom. The van der Waals surface area contributed by atoms with Crippen molar-refractivity contribution in [2.24, 2.45) is 0 Å². The van der Waals surface area contributed by atoms with Crippen molar-refractivity contribution in [1.82, 2.24) is 9.97 Å². The van der Waals surface area contributed by atoms with Crippen molar-refractivity contribution in [1.29, 1.82) is 0 Å². The van der Waals surface area contributed by atoms with E-state index in [-0.39, 0.29) is 20.7 Å². The maximum Gasteiger partial charge on any atom is 0.434 e. The minimum absolute atomic E-state index is 0.0455. The van der Waals surface area contributed by atoms with Crippen LogP contribution in [0.15, 0.2) is 48.7 Å². The van der Waals surface area contributed by atoms with Crippen molar-refractivity contribution >= 4 is 34.0 Å². The number of carbonyl (C=O) groups excluding carboxylic acids is 1. The molecule has 1 amide bonds. The molecule has 9 heteroatoms. The van der Waals surface area contributed by atoms with Crippen molar-refractivity contribution in [2.45, 2.75) is 6.18 Å². The van der Waals surface area contributed by atoms with Crippen molar-refractivity contribution < 1.29 is 18.0 Å². The van der Waals surface area contributed by atoms with Gasteiger partial charge in [-0.25, -0.2) is 9.97 Å². The topological polar surface area (TPSA) is 54.9 Å². The van der Waals surface area contributed by atoms with Crippen LogP contribution in [0.1, 0.15) is 16.1 Å². The fourth-order valence-electron chi connectivity index (χ4n) is 2.07. The normalized spacial score (nSPS) is 11.4. The van der Waals surface area contributed by atoms with Crippen LogP contribution < -0.4 is 5.32 Å². The molecule has 0 bridgehead atoms. The molecule has 0 aliphatic heterocycles. The first kappa shape index (κ1) is 17.4. The summed E-state index contributed by atoms with van der Waals surface area (Å²) in [7, 11) is 0. The van der Waals surface area contributed by atoms with E-state index in [0.29, 0.717) is 5.56 Å². The van der Waals surface area contributed by atoms with Gasteiger partial charge in [0, 0.05) is 6.20 Å². The van der Waals surface area contributed by atoms with Gasteiger partial charge in [0.15, 0.2) is 10.8 Å². The van der Waals surface area contributed by atoms with Crippen molar-refractivity contribution in [3.8, 4) is 10.4 Å². The first-order valence-corrected chi connectivity index (χ1v) is 8.11. The van der Waals surface area contributed by atoms with Gasteiger partial charge < -0.3 is 0 Å². The summed E-state index contributed by atoms with van der Waals surface area (Å²) in [6.45, 7) is 0. The van der Waals surface area contributed by atoms with Crippen LogP contribution in [0, 0.1) is 0 Å². The largest absolute Gasteiger partial charge is 0.434 e. The van der Waals surface area contributed by atoms with Gasteiger partial charge in [0.05, 0.1) is 10.4 Å². The monoisotopic (exact) mass is 383 g/mol. The SMILES string of the molecule is O=C(Nc1nc(C(F)(F)F)c(-c2ccccc2)s1)c1cccnc1Cl. The second-order valence-electron chi connectivity index (χ2n) is 4.86. The highest BCUT2D eigenvalue weighted by Gasteiger charge is 2.38. The first-order chi connectivity index (χ1) is 11.9. The number of pyridine rings is 1. The lowest BCUT2D eigenvalue weighted by Crippen LogP contribution is -2.13. The van der Waals surface area contributed by atoms with Crippen LogP contribution in [-0.2, 0) is 6.18 Å². The molecule has 2 aromatic heterocycles. The molecule has 0 aliphatic carbocycles. The van der Waals surface area contributed by atoms with Crippen molar-refractivity contribution in [3.05, 3.63) is 65.1 Å². The third-order valence-corrected chi connectivity index (χ3v) is 4.48. The van der Waals surface area contributed by atoms with Gasteiger partial charge in [-0.05, 0) is 17.7 Å².